The Kier molecular flexibility index (Phi) is 4.74. The average Bonchev–Trinajstić information content (AvgIpc) is 3.11. The fraction of sp³-hybridized carbons (Fsp3) is 0.167. The van der Waals surface area contributed by atoms with Crippen molar-refractivity contribution in [3.63, 3.8) is 0 Å². The van der Waals surface area contributed by atoms with Crippen molar-refractivity contribution in [2.24, 2.45) is 0 Å². The summed E-state index contributed by atoms with van der Waals surface area (Å²) < 4.78 is 6.99. The van der Waals surface area contributed by atoms with Crippen LogP contribution in [0, 0.1) is 0 Å². The lowest BCUT2D eigenvalue weighted by Gasteiger charge is -2.13. The number of hydrogen-bond donors (Lipinski definition) is 3. The van der Waals surface area contributed by atoms with Crippen LogP contribution in [0.5, 0.6) is 11.5 Å². The Morgan fingerprint density at radius 3 is 2.88 bits per heavy atom. The van der Waals surface area contributed by atoms with Gasteiger partial charge in [-0.25, -0.2) is 4.68 Å². The van der Waals surface area contributed by atoms with E-state index in [4.69, 9.17) is 4.74 Å². The molecule has 1 amide bonds. The van der Waals surface area contributed by atoms with Crippen LogP contribution in [0.3, 0.4) is 0 Å². The predicted octanol–water partition coefficient (Wildman–Crippen LogP) is 1.77. The molecule has 134 valence electrons. The zero-order chi connectivity index (χ0) is 18.7. The summed E-state index contributed by atoms with van der Waals surface area (Å²) >= 11 is 0. The number of ether oxygens (including phenoxy) is 1. The second kappa shape index (κ2) is 7.14. The number of carbonyl (C=O) groups is 1. The molecule has 8 nitrogen and oxygen atoms in total. The molecule has 0 unspecified atom stereocenters. The third kappa shape index (κ3) is 3.44. The number of para-hydroxylation sites is 2. The largest absolute Gasteiger partial charge is 0.507 e. The van der Waals surface area contributed by atoms with Gasteiger partial charge in [0.15, 0.2) is 0 Å². The Bertz CT molecular complexity index is 993. The van der Waals surface area contributed by atoms with Gasteiger partial charge < -0.3 is 20.1 Å². The van der Waals surface area contributed by atoms with Crippen LogP contribution in [0.2, 0.25) is 0 Å². The standard InChI is InChI=1S/C18H18N4O4/c1-11(21-18(25)13-9-19-17(24)7-15(13)23)12-8-20-22(10-12)14-5-3-4-6-16(14)26-2/h3-11H,1-2H3,(H,21,25)(H2,19,23,24)/t11-/m1/s1. The number of benzene rings is 1. The van der Waals surface area contributed by atoms with Crippen molar-refractivity contribution < 1.29 is 14.6 Å². The second-order valence-electron chi connectivity index (χ2n) is 5.68. The maximum absolute atomic E-state index is 12.3. The summed E-state index contributed by atoms with van der Waals surface area (Å²) in [5.74, 6) is -0.198. The van der Waals surface area contributed by atoms with Crippen LogP contribution in [0.25, 0.3) is 5.69 Å². The van der Waals surface area contributed by atoms with E-state index in [0.717, 1.165) is 17.3 Å². The smallest absolute Gasteiger partial charge is 0.257 e. The van der Waals surface area contributed by atoms with E-state index >= 15 is 0 Å². The van der Waals surface area contributed by atoms with Crippen LogP contribution in [-0.2, 0) is 0 Å². The van der Waals surface area contributed by atoms with Crippen molar-refractivity contribution in [3.8, 4) is 17.2 Å². The first kappa shape index (κ1) is 17.3. The topological polar surface area (TPSA) is 109 Å². The van der Waals surface area contributed by atoms with Gasteiger partial charge in [-0.05, 0) is 19.1 Å². The first-order chi connectivity index (χ1) is 12.5. The lowest BCUT2D eigenvalue weighted by molar-refractivity contribution is 0.0936. The SMILES string of the molecule is COc1ccccc1-n1cc([C@@H](C)NC(=O)c2c[nH]c(=O)cc2O)cn1. The molecular weight excluding hydrogens is 336 g/mol. The second-order valence-corrected chi connectivity index (χ2v) is 5.68. The third-order valence-corrected chi connectivity index (χ3v) is 3.93. The van der Waals surface area contributed by atoms with E-state index in [9.17, 15) is 14.7 Å². The lowest BCUT2D eigenvalue weighted by Crippen LogP contribution is -2.27. The van der Waals surface area contributed by atoms with Gasteiger partial charge in [0.1, 0.15) is 17.2 Å². The molecule has 3 aromatic rings. The molecule has 0 bridgehead atoms. The number of nitrogens with one attached hydrogen (secondary N) is 2. The number of hydrogen-bond acceptors (Lipinski definition) is 5. The molecule has 0 aliphatic carbocycles. The fourth-order valence-corrected chi connectivity index (χ4v) is 2.51. The number of aromatic nitrogens is 3. The summed E-state index contributed by atoms with van der Waals surface area (Å²) in [6.07, 6.45) is 4.61. The maximum Gasteiger partial charge on any atom is 0.257 e. The molecule has 3 N–H and O–H groups in total. The van der Waals surface area contributed by atoms with Crippen LogP contribution in [0.1, 0.15) is 28.9 Å². The first-order valence-corrected chi connectivity index (χ1v) is 7.90. The molecule has 0 spiro atoms. The summed E-state index contributed by atoms with van der Waals surface area (Å²) in [6, 6.07) is 8.05. The van der Waals surface area contributed by atoms with E-state index in [2.05, 4.69) is 15.4 Å². The number of methoxy groups -OCH3 is 1. The van der Waals surface area contributed by atoms with E-state index < -0.39 is 11.5 Å². The van der Waals surface area contributed by atoms with E-state index in [0.29, 0.717) is 5.75 Å². The number of pyridine rings is 1. The van der Waals surface area contributed by atoms with Gasteiger partial charge in [-0.3, -0.25) is 9.59 Å². The maximum atomic E-state index is 12.3. The molecule has 8 heteroatoms. The van der Waals surface area contributed by atoms with E-state index in [-0.39, 0.29) is 17.4 Å². The summed E-state index contributed by atoms with van der Waals surface area (Å²) in [5, 5.41) is 16.8. The molecular formula is C18H18N4O4. The number of carbonyl (C=O) groups excluding carboxylic acids is 1. The quantitative estimate of drug-likeness (QED) is 0.647. The molecule has 0 fully saturated rings. The molecule has 26 heavy (non-hydrogen) atoms. The van der Waals surface area contributed by atoms with Gasteiger partial charge in [0, 0.05) is 24.0 Å². The van der Waals surface area contributed by atoms with Gasteiger partial charge in [0.25, 0.3) is 11.5 Å². The lowest BCUT2D eigenvalue weighted by atomic mass is 10.1. The highest BCUT2D eigenvalue weighted by Crippen LogP contribution is 2.23. The van der Waals surface area contributed by atoms with E-state index in [1.165, 1.54) is 6.20 Å². The predicted molar refractivity (Wildman–Crippen MR) is 94.7 cm³/mol. The molecule has 2 heterocycles. The van der Waals surface area contributed by atoms with Gasteiger partial charge >= 0.3 is 0 Å². The molecule has 0 radical (unpaired) electrons. The van der Waals surface area contributed by atoms with Crippen molar-refractivity contribution in [3.05, 3.63) is 70.4 Å². The van der Waals surface area contributed by atoms with Crippen molar-refractivity contribution >= 4 is 5.91 Å². The Balaban J connectivity index is 1.79. The number of rotatable bonds is 5. The minimum absolute atomic E-state index is 0.00595. The van der Waals surface area contributed by atoms with Crippen LogP contribution < -0.4 is 15.6 Å². The van der Waals surface area contributed by atoms with Gasteiger partial charge in [0.05, 0.1) is 24.9 Å². The first-order valence-electron chi connectivity index (χ1n) is 7.90. The number of nitrogens with zero attached hydrogens (tertiary/aromatic N) is 2. The zero-order valence-corrected chi connectivity index (χ0v) is 14.3. The number of amides is 1. The molecule has 1 atom stereocenters. The van der Waals surface area contributed by atoms with Crippen LogP contribution in [0.15, 0.2) is 53.7 Å². The normalized spacial score (nSPS) is 11.8. The van der Waals surface area contributed by atoms with Crippen LogP contribution in [0.4, 0.5) is 0 Å². The minimum Gasteiger partial charge on any atom is -0.507 e. The third-order valence-electron chi connectivity index (χ3n) is 3.93. The van der Waals surface area contributed by atoms with Crippen molar-refractivity contribution in [1.29, 1.82) is 0 Å². The van der Waals surface area contributed by atoms with Gasteiger partial charge in [-0.1, -0.05) is 12.1 Å². The molecule has 0 saturated carbocycles. The zero-order valence-electron chi connectivity index (χ0n) is 14.3. The Morgan fingerprint density at radius 1 is 1.38 bits per heavy atom. The van der Waals surface area contributed by atoms with Crippen LogP contribution in [-0.4, -0.2) is 32.9 Å². The molecule has 0 saturated heterocycles. The summed E-state index contributed by atoms with van der Waals surface area (Å²) in [5.41, 5.74) is 1.06. The Labute approximate surface area is 149 Å². The monoisotopic (exact) mass is 354 g/mol. The van der Waals surface area contributed by atoms with Crippen molar-refractivity contribution in [2.45, 2.75) is 13.0 Å². The van der Waals surface area contributed by atoms with Gasteiger partial charge in [-0.15, -0.1) is 0 Å². The molecule has 3 rings (SSSR count). The molecule has 2 aromatic heterocycles. The van der Waals surface area contributed by atoms with E-state index in [1.54, 1.807) is 31.1 Å². The fourth-order valence-electron chi connectivity index (χ4n) is 2.51. The molecule has 0 aliphatic rings. The molecule has 1 aromatic carbocycles. The van der Waals surface area contributed by atoms with Crippen LogP contribution >= 0.6 is 0 Å². The Hall–Kier alpha value is -3.55. The minimum atomic E-state index is -0.503. The molecule has 0 aliphatic heterocycles. The average molecular weight is 354 g/mol. The highest BCUT2D eigenvalue weighted by atomic mass is 16.5. The van der Waals surface area contributed by atoms with Gasteiger partial charge in [0.2, 0.25) is 0 Å². The number of H-pyrrole nitrogens is 1. The number of aromatic hydroxyl groups is 1. The number of aromatic amines is 1. The van der Waals surface area contributed by atoms with Crippen molar-refractivity contribution in [1.82, 2.24) is 20.1 Å². The summed E-state index contributed by atoms with van der Waals surface area (Å²) in [6.45, 7) is 1.80. The summed E-state index contributed by atoms with van der Waals surface area (Å²) in [4.78, 5) is 25.8. The summed E-state index contributed by atoms with van der Waals surface area (Å²) in [7, 11) is 1.59. The van der Waals surface area contributed by atoms with Crippen molar-refractivity contribution in [2.75, 3.05) is 7.11 Å². The van der Waals surface area contributed by atoms with E-state index in [1.807, 2.05) is 24.3 Å². The Morgan fingerprint density at radius 2 is 2.15 bits per heavy atom. The van der Waals surface area contributed by atoms with Gasteiger partial charge in [-0.2, -0.15) is 5.10 Å². The highest BCUT2D eigenvalue weighted by molar-refractivity contribution is 5.96. The highest BCUT2D eigenvalue weighted by Gasteiger charge is 2.17.